The van der Waals surface area contributed by atoms with Gasteiger partial charge in [-0.05, 0) is 23.8 Å². The minimum absolute atomic E-state index is 0.212. The highest BCUT2D eigenvalue weighted by molar-refractivity contribution is 6.42. The fourth-order valence-electron chi connectivity index (χ4n) is 3.91. The molecular weight excluding hydrogens is 445 g/mol. The third-order valence-corrected chi connectivity index (χ3v) is 6.26. The van der Waals surface area contributed by atoms with Gasteiger partial charge >= 0.3 is 0 Å². The Bertz CT molecular complexity index is 1170. The van der Waals surface area contributed by atoms with Crippen LogP contribution in [0.1, 0.15) is 11.3 Å². The van der Waals surface area contributed by atoms with Crippen LogP contribution >= 0.6 is 23.2 Å². The highest BCUT2D eigenvalue weighted by atomic mass is 35.5. The zero-order valence-electron chi connectivity index (χ0n) is 16.1. The summed E-state index contributed by atoms with van der Waals surface area (Å²) < 4.78 is 13.2. The maximum Gasteiger partial charge on any atom is 0.240 e. The topological polar surface area (TPSA) is 109 Å². The van der Waals surface area contributed by atoms with Gasteiger partial charge in [-0.1, -0.05) is 47.5 Å². The summed E-state index contributed by atoms with van der Waals surface area (Å²) in [7, 11) is 0. The number of hydrogen-bond donors (Lipinski definition) is 3. The number of aliphatic hydroxyl groups excluding tert-OH is 3. The van der Waals surface area contributed by atoms with Crippen molar-refractivity contribution in [3.05, 3.63) is 63.8 Å². The minimum atomic E-state index is -1.26. The van der Waals surface area contributed by atoms with E-state index in [2.05, 4.69) is 4.99 Å². The van der Waals surface area contributed by atoms with Crippen LogP contribution in [0.3, 0.4) is 0 Å². The van der Waals surface area contributed by atoms with Gasteiger partial charge in [0.05, 0.1) is 28.7 Å². The van der Waals surface area contributed by atoms with Gasteiger partial charge in [0.2, 0.25) is 12.2 Å². The molecule has 1 saturated heterocycles. The Morgan fingerprint density at radius 1 is 1.03 bits per heavy atom. The number of rotatable bonds is 4. The van der Waals surface area contributed by atoms with Crippen molar-refractivity contribution in [1.29, 1.82) is 0 Å². The Labute approximate surface area is 187 Å². The number of fused-ring (bicyclic) bond motifs is 2. The molecule has 3 N–H and O–H groups in total. The second-order valence-corrected chi connectivity index (χ2v) is 8.34. The van der Waals surface area contributed by atoms with Gasteiger partial charge in [-0.2, -0.15) is 5.10 Å². The third-order valence-electron chi connectivity index (χ3n) is 5.52. The second kappa shape index (κ2) is 8.05. The summed E-state index contributed by atoms with van der Waals surface area (Å²) in [6.07, 6.45) is -4.35. The van der Waals surface area contributed by atoms with E-state index < -0.39 is 37.3 Å². The molecule has 0 spiro atoms. The molecule has 1 fully saturated rings. The number of hydrogen-bond acceptors (Lipinski definition) is 7. The van der Waals surface area contributed by atoms with Crippen LogP contribution in [0.25, 0.3) is 10.9 Å². The number of benzene rings is 2. The maximum atomic E-state index is 10.4. The van der Waals surface area contributed by atoms with Gasteiger partial charge in [0, 0.05) is 5.39 Å². The van der Waals surface area contributed by atoms with Crippen LogP contribution < -0.4 is 0 Å². The van der Waals surface area contributed by atoms with Crippen molar-refractivity contribution in [1.82, 2.24) is 9.78 Å². The van der Waals surface area contributed by atoms with Crippen molar-refractivity contribution in [2.45, 2.75) is 37.2 Å². The summed E-state index contributed by atoms with van der Waals surface area (Å²) in [5, 5.41) is 36.4. The molecule has 0 aliphatic carbocycles. The van der Waals surface area contributed by atoms with Crippen LogP contribution in [0.5, 0.6) is 0 Å². The van der Waals surface area contributed by atoms with Crippen LogP contribution in [0.2, 0.25) is 10.0 Å². The molecule has 8 nitrogen and oxygen atoms in total. The van der Waals surface area contributed by atoms with E-state index in [4.69, 9.17) is 37.8 Å². The first kappa shape index (κ1) is 20.7. The number of para-hydroxylation sites is 1. The number of aliphatic hydroxyl groups is 3. The monoisotopic (exact) mass is 463 g/mol. The standard InChI is InChI=1S/C21H19Cl2N3O5/c22-12-6-5-10(7-13(12)23)8-26-14-4-2-1-3-11(14)16(25-26)20-24-17-19(29)18(28)15(9-27)30-21(17)31-20/h1-7,15,17-19,21,27-29H,8-9H2/t15-,17-,18-,19?,21-/m1/s1. The van der Waals surface area contributed by atoms with Crippen molar-refractivity contribution < 1.29 is 24.8 Å². The lowest BCUT2D eigenvalue weighted by Crippen LogP contribution is -2.56. The Balaban J connectivity index is 1.51. The summed E-state index contributed by atoms with van der Waals surface area (Å²) >= 11 is 12.2. The lowest BCUT2D eigenvalue weighted by molar-refractivity contribution is -0.234. The van der Waals surface area contributed by atoms with Crippen LogP contribution in [-0.4, -0.2) is 68.2 Å². The molecule has 0 amide bonds. The average Bonchev–Trinajstić information content (AvgIpc) is 3.35. The first-order chi connectivity index (χ1) is 15.0. The van der Waals surface area contributed by atoms with E-state index in [0.717, 1.165) is 16.5 Å². The fourth-order valence-corrected chi connectivity index (χ4v) is 4.23. The molecule has 2 aliphatic rings. The number of nitrogens with zero attached hydrogens (tertiary/aromatic N) is 3. The van der Waals surface area contributed by atoms with Crippen LogP contribution in [0, 0.1) is 0 Å². The molecular formula is C21H19Cl2N3O5. The van der Waals surface area contributed by atoms with Gasteiger partial charge in [0.25, 0.3) is 0 Å². The van der Waals surface area contributed by atoms with E-state index in [1.54, 1.807) is 16.8 Å². The number of ether oxygens (including phenoxy) is 2. The molecule has 3 aromatic rings. The molecule has 2 aromatic carbocycles. The average molecular weight is 464 g/mol. The van der Waals surface area contributed by atoms with Crippen LogP contribution in [0.4, 0.5) is 0 Å². The lowest BCUT2D eigenvalue weighted by atomic mass is 9.98. The Kier molecular flexibility index (Phi) is 5.37. The fraction of sp³-hybridized carbons (Fsp3) is 0.333. The zero-order valence-corrected chi connectivity index (χ0v) is 17.6. The first-order valence-electron chi connectivity index (χ1n) is 9.73. The van der Waals surface area contributed by atoms with Crippen molar-refractivity contribution >= 4 is 40.0 Å². The molecule has 0 bridgehead atoms. The highest BCUT2D eigenvalue weighted by Gasteiger charge is 2.49. The van der Waals surface area contributed by atoms with Crippen molar-refractivity contribution in [2.24, 2.45) is 4.99 Å². The molecule has 31 heavy (non-hydrogen) atoms. The molecule has 5 rings (SSSR count). The number of halogens is 2. The van der Waals surface area contributed by atoms with Gasteiger partial charge in [0.1, 0.15) is 24.4 Å². The molecule has 1 aromatic heterocycles. The quantitative estimate of drug-likeness (QED) is 0.545. The van der Waals surface area contributed by atoms with E-state index in [9.17, 15) is 15.3 Å². The van der Waals surface area contributed by atoms with E-state index in [1.807, 2.05) is 30.3 Å². The van der Waals surface area contributed by atoms with E-state index in [1.165, 1.54) is 0 Å². The van der Waals surface area contributed by atoms with E-state index >= 15 is 0 Å². The van der Waals surface area contributed by atoms with Crippen molar-refractivity contribution in [2.75, 3.05) is 6.61 Å². The normalized spacial score (nSPS) is 27.8. The smallest absolute Gasteiger partial charge is 0.240 e. The lowest BCUT2D eigenvalue weighted by Gasteiger charge is -2.36. The van der Waals surface area contributed by atoms with Gasteiger partial charge in [-0.15, -0.1) is 0 Å². The molecule has 5 atom stereocenters. The summed E-state index contributed by atoms with van der Waals surface area (Å²) in [5.41, 5.74) is 2.28. The molecule has 3 heterocycles. The largest absolute Gasteiger partial charge is 0.444 e. The van der Waals surface area contributed by atoms with Crippen LogP contribution in [0.15, 0.2) is 47.5 Å². The molecule has 1 unspecified atom stereocenters. The predicted octanol–water partition coefficient (Wildman–Crippen LogP) is 1.98. The molecule has 2 aliphatic heterocycles. The number of aliphatic imine (C=N–C) groups is 1. The van der Waals surface area contributed by atoms with Gasteiger partial charge in [0.15, 0.2) is 5.69 Å². The third kappa shape index (κ3) is 3.59. The molecule has 10 heteroatoms. The van der Waals surface area contributed by atoms with Crippen molar-refractivity contribution in [3.8, 4) is 0 Å². The van der Waals surface area contributed by atoms with Crippen molar-refractivity contribution in [3.63, 3.8) is 0 Å². The minimum Gasteiger partial charge on any atom is -0.444 e. The highest BCUT2D eigenvalue weighted by Crippen LogP contribution is 2.32. The molecule has 162 valence electrons. The summed E-state index contributed by atoms with van der Waals surface area (Å²) in [5.74, 6) is 0.212. The summed E-state index contributed by atoms with van der Waals surface area (Å²) in [6, 6.07) is 12.2. The van der Waals surface area contributed by atoms with E-state index in [-0.39, 0.29) is 5.90 Å². The van der Waals surface area contributed by atoms with Crippen LogP contribution in [-0.2, 0) is 16.0 Å². The number of aromatic nitrogens is 2. The second-order valence-electron chi connectivity index (χ2n) is 7.52. The molecule has 0 saturated carbocycles. The van der Waals surface area contributed by atoms with Gasteiger partial charge in [-0.25, -0.2) is 4.99 Å². The zero-order chi connectivity index (χ0) is 21.7. The maximum absolute atomic E-state index is 10.4. The van der Waals surface area contributed by atoms with E-state index in [0.29, 0.717) is 22.3 Å². The van der Waals surface area contributed by atoms with Gasteiger partial charge in [-0.3, -0.25) is 4.68 Å². The van der Waals surface area contributed by atoms with Gasteiger partial charge < -0.3 is 24.8 Å². The molecule has 0 radical (unpaired) electrons. The predicted molar refractivity (Wildman–Crippen MR) is 114 cm³/mol. The Morgan fingerprint density at radius 3 is 2.61 bits per heavy atom. The summed E-state index contributed by atoms with van der Waals surface area (Å²) in [6.45, 7) is 0.00329. The first-order valence-corrected chi connectivity index (χ1v) is 10.5. The Hall–Kier alpha value is -2.20. The Morgan fingerprint density at radius 2 is 1.84 bits per heavy atom. The summed E-state index contributed by atoms with van der Waals surface area (Å²) in [4.78, 5) is 4.44. The SMILES string of the molecule is OC[C@H]1O[C@@H]2OC(c3nn(Cc4ccc(Cl)c(Cl)c4)c4ccccc34)=N[C@@H]2C(O)[C@@H]1O.